The van der Waals surface area contributed by atoms with E-state index < -0.39 is 5.82 Å². The Morgan fingerprint density at radius 2 is 1.70 bits per heavy atom. The van der Waals surface area contributed by atoms with Gasteiger partial charge in [0.15, 0.2) is 0 Å². The molecule has 1 N–H and O–H groups in total. The summed E-state index contributed by atoms with van der Waals surface area (Å²) in [5, 5.41) is 3.03. The maximum absolute atomic E-state index is 13.8. The molecule has 0 unspecified atom stereocenters. The Kier molecular flexibility index (Phi) is 5.31. The Balaban J connectivity index is 1.69. The number of carbonyl (C=O) groups excluding carboxylic acids is 1. The smallest absolute Gasteiger partial charge is 0.254 e. The summed E-state index contributed by atoms with van der Waals surface area (Å²) in [4.78, 5) is 15.0. The van der Waals surface area contributed by atoms with Crippen LogP contribution in [0.5, 0.6) is 0 Å². The van der Waals surface area contributed by atoms with E-state index in [2.05, 4.69) is 10.2 Å². The van der Waals surface area contributed by atoms with Gasteiger partial charge in [0.05, 0.1) is 5.56 Å². The molecule has 1 saturated heterocycles. The summed E-state index contributed by atoms with van der Waals surface area (Å²) in [5.74, 6) is -0.731. The molecule has 1 aliphatic heterocycles. The minimum Gasteiger partial charge on any atom is -0.350 e. The fourth-order valence-electron chi connectivity index (χ4n) is 4.17. The first-order valence-electron chi connectivity index (χ1n) is 8.99. The maximum Gasteiger partial charge on any atom is 0.254 e. The molecule has 3 rings (SSSR count). The molecule has 0 radical (unpaired) electrons. The zero-order chi connectivity index (χ0) is 16.1. The molecule has 0 spiro atoms. The number of carbonyl (C=O) groups is 1. The third-order valence-corrected chi connectivity index (χ3v) is 5.51. The van der Waals surface area contributed by atoms with E-state index in [4.69, 9.17) is 0 Å². The predicted octanol–water partition coefficient (Wildman–Crippen LogP) is 3.74. The first-order valence-corrected chi connectivity index (χ1v) is 8.99. The first-order chi connectivity index (χ1) is 11.2. The molecule has 1 saturated carbocycles. The molecule has 1 aliphatic carbocycles. The van der Waals surface area contributed by atoms with Crippen molar-refractivity contribution in [3.63, 3.8) is 0 Å². The van der Waals surface area contributed by atoms with E-state index in [-0.39, 0.29) is 17.0 Å². The van der Waals surface area contributed by atoms with Gasteiger partial charge in [-0.3, -0.25) is 9.69 Å². The zero-order valence-electron chi connectivity index (χ0n) is 13.8. The Labute approximate surface area is 138 Å². The van der Waals surface area contributed by atoms with Crippen molar-refractivity contribution in [3.05, 3.63) is 35.6 Å². The van der Waals surface area contributed by atoms with Crippen molar-refractivity contribution in [3.8, 4) is 0 Å². The second-order valence-corrected chi connectivity index (χ2v) is 7.00. The monoisotopic (exact) mass is 318 g/mol. The fourth-order valence-corrected chi connectivity index (χ4v) is 4.17. The number of nitrogens with zero attached hydrogens (tertiary/aromatic N) is 1. The average Bonchev–Trinajstić information content (AvgIpc) is 2.62. The average molecular weight is 318 g/mol. The Bertz CT molecular complexity index is 534. The van der Waals surface area contributed by atoms with Crippen LogP contribution in [0.4, 0.5) is 4.39 Å². The van der Waals surface area contributed by atoms with E-state index >= 15 is 0 Å². The van der Waals surface area contributed by atoms with E-state index in [1.807, 2.05) is 0 Å². The van der Waals surface area contributed by atoms with Gasteiger partial charge in [-0.15, -0.1) is 0 Å². The SMILES string of the molecule is O=C(NCC1(N2CCCCC2)CCCCC1)c1ccccc1F. The molecular weight excluding hydrogens is 291 g/mol. The lowest BCUT2D eigenvalue weighted by atomic mass is 9.79. The number of hydrogen-bond acceptors (Lipinski definition) is 2. The highest BCUT2D eigenvalue weighted by Gasteiger charge is 2.38. The lowest BCUT2D eigenvalue weighted by molar-refractivity contribution is 0.0326. The number of halogens is 1. The summed E-state index contributed by atoms with van der Waals surface area (Å²) in [7, 11) is 0. The van der Waals surface area contributed by atoms with Crippen LogP contribution < -0.4 is 5.32 Å². The van der Waals surface area contributed by atoms with Crippen molar-refractivity contribution in [2.75, 3.05) is 19.6 Å². The summed E-state index contributed by atoms with van der Waals surface area (Å²) < 4.78 is 13.8. The highest BCUT2D eigenvalue weighted by atomic mass is 19.1. The normalized spacial score (nSPS) is 21.8. The van der Waals surface area contributed by atoms with Gasteiger partial charge < -0.3 is 5.32 Å². The molecule has 23 heavy (non-hydrogen) atoms. The van der Waals surface area contributed by atoms with E-state index in [0.717, 1.165) is 25.9 Å². The van der Waals surface area contributed by atoms with Gasteiger partial charge in [-0.25, -0.2) is 4.39 Å². The standard InChI is InChI=1S/C19H27FN2O/c20-17-10-4-3-9-16(17)18(23)21-15-19(11-5-1-6-12-19)22-13-7-2-8-14-22/h3-4,9-10H,1-2,5-8,11-15H2,(H,21,23). The molecule has 0 bridgehead atoms. The fraction of sp³-hybridized carbons (Fsp3) is 0.632. The largest absolute Gasteiger partial charge is 0.350 e. The van der Waals surface area contributed by atoms with Crippen LogP contribution in [0, 0.1) is 5.82 Å². The molecule has 3 nitrogen and oxygen atoms in total. The van der Waals surface area contributed by atoms with Crippen molar-refractivity contribution in [2.24, 2.45) is 0 Å². The van der Waals surface area contributed by atoms with Gasteiger partial charge in [0.2, 0.25) is 0 Å². The van der Waals surface area contributed by atoms with Crippen molar-refractivity contribution >= 4 is 5.91 Å². The molecule has 2 fully saturated rings. The van der Waals surface area contributed by atoms with E-state index in [0.29, 0.717) is 6.54 Å². The molecule has 2 aliphatic rings. The Morgan fingerprint density at radius 1 is 1.04 bits per heavy atom. The second kappa shape index (κ2) is 7.43. The number of amides is 1. The van der Waals surface area contributed by atoms with Crippen LogP contribution in [-0.2, 0) is 0 Å². The van der Waals surface area contributed by atoms with Gasteiger partial charge in [-0.2, -0.15) is 0 Å². The number of piperidine rings is 1. The van der Waals surface area contributed by atoms with Crippen LogP contribution in [0.3, 0.4) is 0 Å². The summed E-state index contributed by atoms with van der Waals surface area (Å²) in [6.45, 7) is 2.91. The number of benzene rings is 1. The maximum atomic E-state index is 13.8. The number of likely N-dealkylation sites (tertiary alicyclic amines) is 1. The lowest BCUT2D eigenvalue weighted by Gasteiger charge is -2.48. The molecule has 0 aromatic heterocycles. The number of nitrogens with one attached hydrogen (secondary N) is 1. The highest BCUT2D eigenvalue weighted by Crippen LogP contribution is 2.35. The molecule has 126 valence electrons. The molecule has 0 atom stereocenters. The van der Waals surface area contributed by atoms with E-state index in [1.165, 1.54) is 44.6 Å². The Morgan fingerprint density at radius 3 is 2.39 bits per heavy atom. The summed E-state index contributed by atoms with van der Waals surface area (Å²) in [6, 6.07) is 6.22. The predicted molar refractivity (Wildman–Crippen MR) is 90.0 cm³/mol. The van der Waals surface area contributed by atoms with Crippen LogP contribution >= 0.6 is 0 Å². The van der Waals surface area contributed by atoms with Crippen LogP contribution in [0.25, 0.3) is 0 Å². The third kappa shape index (κ3) is 3.74. The van der Waals surface area contributed by atoms with Crippen LogP contribution in [-0.4, -0.2) is 36.0 Å². The van der Waals surface area contributed by atoms with Gasteiger partial charge in [0.25, 0.3) is 5.91 Å². The van der Waals surface area contributed by atoms with E-state index in [9.17, 15) is 9.18 Å². The van der Waals surface area contributed by atoms with Crippen molar-refractivity contribution in [1.29, 1.82) is 0 Å². The Hall–Kier alpha value is -1.42. The molecule has 1 aromatic carbocycles. The topological polar surface area (TPSA) is 32.3 Å². The van der Waals surface area contributed by atoms with Crippen LogP contribution in [0.1, 0.15) is 61.7 Å². The van der Waals surface area contributed by atoms with Gasteiger partial charge >= 0.3 is 0 Å². The summed E-state index contributed by atoms with van der Waals surface area (Å²) in [5.41, 5.74) is 0.233. The first kappa shape index (κ1) is 16.4. The molecule has 4 heteroatoms. The van der Waals surface area contributed by atoms with Crippen LogP contribution in [0.2, 0.25) is 0 Å². The minimum atomic E-state index is -0.444. The van der Waals surface area contributed by atoms with Gasteiger partial charge in [-0.05, 0) is 50.9 Å². The highest BCUT2D eigenvalue weighted by molar-refractivity contribution is 5.94. The quantitative estimate of drug-likeness (QED) is 0.917. The minimum absolute atomic E-state index is 0.0829. The van der Waals surface area contributed by atoms with Crippen molar-refractivity contribution < 1.29 is 9.18 Å². The van der Waals surface area contributed by atoms with Gasteiger partial charge in [0.1, 0.15) is 5.82 Å². The van der Waals surface area contributed by atoms with Gasteiger partial charge in [-0.1, -0.05) is 37.8 Å². The van der Waals surface area contributed by atoms with Gasteiger partial charge in [0, 0.05) is 12.1 Å². The zero-order valence-corrected chi connectivity index (χ0v) is 13.8. The molecular formula is C19H27FN2O. The van der Waals surface area contributed by atoms with E-state index in [1.54, 1.807) is 18.2 Å². The third-order valence-electron chi connectivity index (χ3n) is 5.51. The number of rotatable bonds is 4. The van der Waals surface area contributed by atoms with Crippen LogP contribution in [0.15, 0.2) is 24.3 Å². The molecule has 1 aromatic rings. The van der Waals surface area contributed by atoms with Crippen molar-refractivity contribution in [1.82, 2.24) is 10.2 Å². The van der Waals surface area contributed by atoms with Crippen molar-refractivity contribution in [2.45, 2.75) is 56.9 Å². The summed E-state index contributed by atoms with van der Waals surface area (Å²) in [6.07, 6.45) is 9.85. The molecule has 1 heterocycles. The number of hydrogen-bond donors (Lipinski definition) is 1. The summed E-state index contributed by atoms with van der Waals surface area (Å²) >= 11 is 0. The molecule has 1 amide bonds. The second-order valence-electron chi connectivity index (χ2n) is 7.00. The lowest BCUT2D eigenvalue weighted by Crippen LogP contribution is -2.58.